The predicted octanol–water partition coefficient (Wildman–Crippen LogP) is 0.959. The minimum absolute atomic E-state index is 0.242. The number of nitrogens with one attached hydrogen (secondary N) is 1. The van der Waals surface area contributed by atoms with Crippen molar-refractivity contribution in [3.05, 3.63) is 18.2 Å². The van der Waals surface area contributed by atoms with Crippen LogP contribution >= 0.6 is 0 Å². The molecule has 2 unspecified atom stereocenters. The van der Waals surface area contributed by atoms with Crippen LogP contribution in [0.2, 0.25) is 0 Å². The van der Waals surface area contributed by atoms with Gasteiger partial charge in [-0.15, -0.1) is 0 Å². The summed E-state index contributed by atoms with van der Waals surface area (Å²) in [6, 6.07) is 0.242. The first-order chi connectivity index (χ1) is 7.59. The maximum absolute atomic E-state index is 11.3. The Balaban J connectivity index is 2.20. The summed E-state index contributed by atoms with van der Waals surface area (Å²) in [5, 5.41) is 12.2. The number of aliphatic carboxylic acids is 1. The third kappa shape index (κ3) is 1.61. The highest BCUT2D eigenvalue weighted by Crippen LogP contribution is 2.38. The molecule has 0 amide bonds. The van der Waals surface area contributed by atoms with Gasteiger partial charge in [0, 0.05) is 18.4 Å². The van der Waals surface area contributed by atoms with Gasteiger partial charge < -0.3 is 15.0 Å². The molecule has 2 rings (SSSR count). The highest BCUT2D eigenvalue weighted by Gasteiger charge is 2.45. The molecule has 1 aromatic rings. The SMILES string of the molecule is CNC1(C(=O)O)CCC(n2ccnc2C)C1. The average molecular weight is 223 g/mol. The lowest BCUT2D eigenvalue weighted by Gasteiger charge is -2.24. The minimum Gasteiger partial charge on any atom is -0.480 e. The predicted molar refractivity (Wildman–Crippen MR) is 59.3 cm³/mol. The van der Waals surface area contributed by atoms with E-state index in [4.69, 9.17) is 0 Å². The van der Waals surface area contributed by atoms with E-state index in [1.807, 2.05) is 13.1 Å². The number of imidazole rings is 1. The fourth-order valence-electron chi connectivity index (χ4n) is 2.56. The smallest absolute Gasteiger partial charge is 0.323 e. The molecular formula is C11H17N3O2. The molecule has 0 spiro atoms. The van der Waals surface area contributed by atoms with Crippen molar-refractivity contribution in [1.29, 1.82) is 0 Å². The number of aryl methyl sites for hydroxylation is 1. The first kappa shape index (κ1) is 11.1. The highest BCUT2D eigenvalue weighted by atomic mass is 16.4. The van der Waals surface area contributed by atoms with E-state index >= 15 is 0 Å². The second-order valence-electron chi connectivity index (χ2n) is 4.42. The second kappa shape index (κ2) is 3.90. The zero-order chi connectivity index (χ0) is 11.8. The van der Waals surface area contributed by atoms with E-state index < -0.39 is 11.5 Å². The van der Waals surface area contributed by atoms with Gasteiger partial charge in [-0.25, -0.2) is 4.98 Å². The summed E-state index contributed by atoms with van der Waals surface area (Å²) in [6.45, 7) is 1.94. The van der Waals surface area contributed by atoms with Crippen molar-refractivity contribution in [2.75, 3.05) is 7.05 Å². The van der Waals surface area contributed by atoms with Crippen molar-refractivity contribution >= 4 is 5.97 Å². The van der Waals surface area contributed by atoms with Crippen molar-refractivity contribution in [3.63, 3.8) is 0 Å². The number of hydrogen-bond acceptors (Lipinski definition) is 3. The number of nitrogens with zero attached hydrogens (tertiary/aromatic N) is 2. The third-order valence-electron chi connectivity index (χ3n) is 3.63. The van der Waals surface area contributed by atoms with Gasteiger partial charge in [0.2, 0.25) is 0 Å². The monoisotopic (exact) mass is 223 g/mol. The van der Waals surface area contributed by atoms with E-state index in [1.54, 1.807) is 13.2 Å². The Morgan fingerprint density at radius 1 is 1.75 bits per heavy atom. The summed E-state index contributed by atoms with van der Waals surface area (Å²) in [5.74, 6) is 0.192. The van der Waals surface area contributed by atoms with Crippen molar-refractivity contribution in [2.24, 2.45) is 0 Å². The summed E-state index contributed by atoms with van der Waals surface area (Å²) >= 11 is 0. The second-order valence-corrected chi connectivity index (χ2v) is 4.42. The number of aromatic nitrogens is 2. The van der Waals surface area contributed by atoms with Crippen LogP contribution in [-0.2, 0) is 4.79 Å². The zero-order valence-electron chi connectivity index (χ0n) is 9.60. The Morgan fingerprint density at radius 2 is 2.50 bits per heavy atom. The molecule has 0 aliphatic heterocycles. The molecule has 16 heavy (non-hydrogen) atoms. The Labute approximate surface area is 94.5 Å². The topological polar surface area (TPSA) is 67.2 Å². The fraction of sp³-hybridized carbons (Fsp3) is 0.636. The Hall–Kier alpha value is -1.36. The molecule has 0 saturated heterocycles. The summed E-state index contributed by atoms with van der Waals surface area (Å²) in [5.41, 5.74) is -0.763. The lowest BCUT2D eigenvalue weighted by Crippen LogP contribution is -2.48. The molecule has 2 atom stereocenters. The first-order valence-corrected chi connectivity index (χ1v) is 5.51. The van der Waals surface area contributed by atoms with Gasteiger partial charge in [0.15, 0.2) is 0 Å². The van der Waals surface area contributed by atoms with Crippen molar-refractivity contribution in [1.82, 2.24) is 14.9 Å². The molecule has 0 radical (unpaired) electrons. The summed E-state index contributed by atoms with van der Waals surface area (Å²) in [4.78, 5) is 15.4. The van der Waals surface area contributed by atoms with Crippen LogP contribution in [0.1, 0.15) is 31.1 Å². The Morgan fingerprint density at radius 3 is 2.94 bits per heavy atom. The quantitative estimate of drug-likeness (QED) is 0.801. The molecule has 0 aromatic carbocycles. The summed E-state index contributed by atoms with van der Waals surface area (Å²) in [6.07, 6.45) is 5.85. The van der Waals surface area contributed by atoms with E-state index in [0.717, 1.165) is 12.2 Å². The van der Waals surface area contributed by atoms with Crippen molar-refractivity contribution in [3.8, 4) is 0 Å². The van der Waals surface area contributed by atoms with Gasteiger partial charge in [-0.2, -0.15) is 0 Å². The van der Waals surface area contributed by atoms with E-state index in [2.05, 4.69) is 14.9 Å². The molecule has 1 saturated carbocycles. The molecular weight excluding hydrogens is 206 g/mol. The van der Waals surface area contributed by atoms with Crippen LogP contribution in [0, 0.1) is 6.92 Å². The third-order valence-corrected chi connectivity index (χ3v) is 3.63. The number of hydrogen-bond donors (Lipinski definition) is 2. The number of carbonyl (C=O) groups is 1. The molecule has 0 bridgehead atoms. The minimum atomic E-state index is -0.763. The molecule has 1 fully saturated rings. The summed E-state index contributed by atoms with van der Waals surface area (Å²) < 4.78 is 2.07. The standard InChI is InChI=1S/C11H17N3O2/c1-8-13-5-6-14(8)9-3-4-11(7-9,12-2)10(15)16/h5-6,9,12H,3-4,7H2,1-2H3,(H,15,16). The van der Waals surface area contributed by atoms with E-state index in [1.165, 1.54) is 0 Å². The first-order valence-electron chi connectivity index (χ1n) is 5.51. The number of rotatable bonds is 3. The van der Waals surface area contributed by atoms with Gasteiger partial charge in [-0.3, -0.25) is 4.79 Å². The van der Waals surface area contributed by atoms with Gasteiger partial charge in [0.1, 0.15) is 11.4 Å². The maximum Gasteiger partial charge on any atom is 0.323 e. The van der Waals surface area contributed by atoms with Gasteiger partial charge in [-0.1, -0.05) is 0 Å². The molecule has 1 aliphatic rings. The normalized spacial score (nSPS) is 29.5. The molecule has 2 N–H and O–H groups in total. The molecule has 1 aliphatic carbocycles. The Bertz CT molecular complexity index is 402. The molecule has 1 aromatic heterocycles. The van der Waals surface area contributed by atoms with Crippen LogP contribution in [0.25, 0.3) is 0 Å². The van der Waals surface area contributed by atoms with Gasteiger partial charge in [-0.05, 0) is 33.2 Å². The van der Waals surface area contributed by atoms with Crippen molar-refractivity contribution < 1.29 is 9.90 Å². The van der Waals surface area contributed by atoms with Crippen LogP contribution in [0.3, 0.4) is 0 Å². The zero-order valence-corrected chi connectivity index (χ0v) is 9.60. The van der Waals surface area contributed by atoms with Gasteiger partial charge in [0.25, 0.3) is 0 Å². The highest BCUT2D eigenvalue weighted by molar-refractivity contribution is 5.79. The van der Waals surface area contributed by atoms with Crippen LogP contribution in [0.5, 0.6) is 0 Å². The number of carboxylic acids is 1. The fourth-order valence-corrected chi connectivity index (χ4v) is 2.56. The van der Waals surface area contributed by atoms with Gasteiger partial charge >= 0.3 is 5.97 Å². The van der Waals surface area contributed by atoms with E-state index in [-0.39, 0.29) is 6.04 Å². The van der Waals surface area contributed by atoms with Crippen LogP contribution in [0.15, 0.2) is 12.4 Å². The molecule has 1 heterocycles. The lowest BCUT2D eigenvalue weighted by molar-refractivity contribution is -0.144. The molecule has 88 valence electrons. The summed E-state index contributed by atoms with van der Waals surface area (Å²) in [7, 11) is 1.72. The molecule has 5 heteroatoms. The van der Waals surface area contributed by atoms with E-state index in [0.29, 0.717) is 12.8 Å². The maximum atomic E-state index is 11.3. The Kier molecular flexibility index (Phi) is 2.71. The largest absolute Gasteiger partial charge is 0.480 e. The number of carboxylic acid groups (broad SMARTS) is 1. The van der Waals surface area contributed by atoms with Crippen molar-refractivity contribution in [2.45, 2.75) is 37.8 Å². The lowest BCUT2D eigenvalue weighted by atomic mass is 9.98. The average Bonchev–Trinajstić information content (AvgIpc) is 2.84. The molecule has 5 nitrogen and oxygen atoms in total. The van der Waals surface area contributed by atoms with Gasteiger partial charge in [0.05, 0.1) is 0 Å². The van der Waals surface area contributed by atoms with Crippen LogP contribution in [-0.4, -0.2) is 33.2 Å². The number of likely N-dealkylation sites (N-methyl/N-ethyl adjacent to an activating group) is 1. The van der Waals surface area contributed by atoms with Crippen LogP contribution < -0.4 is 5.32 Å². The van der Waals surface area contributed by atoms with Crippen LogP contribution in [0.4, 0.5) is 0 Å². The van der Waals surface area contributed by atoms with E-state index in [9.17, 15) is 9.90 Å².